The average Bonchev–Trinajstić information content (AvgIpc) is 2.45. The van der Waals surface area contributed by atoms with Crippen LogP contribution < -0.4 is 9.47 Å². The summed E-state index contributed by atoms with van der Waals surface area (Å²) in [5.74, 6) is 0.394. The zero-order valence-corrected chi connectivity index (χ0v) is 11.6. The number of carbonyl (C=O) groups is 1. The van der Waals surface area contributed by atoms with Crippen LogP contribution in [0.25, 0.3) is 11.1 Å². The Hall–Kier alpha value is -2.49. The molecule has 0 atom stereocenters. The molecule has 0 aliphatic heterocycles. The van der Waals surface area contributed by atoms with Crippen LogP contribution in [-0.2, 0) is 0 Å². The largest absolute Gasteiger partial charge is 0.497 e. The molecule has 104 valence electrons. The summed E-state index contributed by atoms with van der Waals surface area (Å²) in [6.07, 6.45) is 0. The molecular formula is C16H16O4. The van der Waals surface area contributed by atoms with Crippen molar-refractivity contribution in [1.29, 1.82) is 0 Å². The normalized spacial score (nSPS) is 10.2. The van der Waals surface area contributed by atoms with Crippen molar-refractivity contribution in [1.82, 2.24) is 0 Å². The molecule has 4 nitrogen and oxygen atoms in total. The first-order valence-electron chi connectivity index (χ1n) is 6.12. The van der Waals surface area contributed by atoms with Crippen molar-refractivity contribution in [2.24, 2.45) is 0 Å². The van der Waals surface area contributed by atoms with Gasteiger partial charge < -0.3 is 14.6 Å². The topological polar surface area (TPSA) is 55.8 Å². The lowest BCUT2D eigenvalue weighted by Crippen LogP contribution is -1.98. The van der Waals surface area contributed by atoms with Crippen LogP contribution in [0.5, 0.6) is 11.5 Å². The van der Waals surface area contributed by atoms with Gasteiger partial charge in [0.25, 0.3) is 0 Å². The number of aromatic carboxylic acids is 1. The summed E-state index contributed by atoms with van der Waals surface area (Å²) >= 11 is 0. The minimum absolute atomic E-state index is 0.262. The Morgan fingerprint density at radius 2 is 1.80 bits per heavy atom. The van der Waals surface area contributed by atoms with Crippen LogP contribution >= 0.6 is 0 Å². The molecule has 2 rings (SSSR count). The van der Waals surface area contributed by atoms with Gasteiger partial charge in [-0.2, -0.15) is 0 Å². The lowest BCUT2D eigenvalue weighted by atomic mass is 9.99. The molecule has 20 heavy (non-hydrogen) atoms. The number of aryl methyl sites for hydroxylation is 1. The maximum atomic E-state index is 11.1. The van der Waals surface area contributed by atoms with Crippen molar-refractivity contribution in [3.8, 4) is 22.6 Å². The Labute approximate surface area is 117 Å². The van der Waals surface area contributed by atoms with E-state index in [1.807, 2.05) is 25.1 Å². The molecule has 0 spiro atoms. The van der Waals surface area contributed by atoms with E-state index in [1.165, 1.54) is 0 Å². The minimum atomic E-state index is -0.942. The number of ether oxygens (including phenoxy) is 2. The van der Waals surface area contributed by atoms with Crippen LogP contribution in [0.15, 0.2) is 36.4 Å². The highest BCUT2D eigenvalue weighted by Gasteiger charge is 2.11. The molecule has 0 bridgehead atoms. The quantitative estimate of drug-likeness (QED) is 0.927. The van der Waals surface area contributed by atoms with E-state index in [9.17, 15) is 4.79 Å². The summed E-state index contributed by atoms with van der Waals surface area (Å²) in [6, 6.07) is 10.7. The Bertz CT molecular complexity index is 647. The highest BCUT2D eigenvalue weighted by atomic mass is 16.5. The van der Waals surface area contributed by atoms with Gasteiger partial charge >= 0.3 is 5.97 Å². The molecule has 0 aromatic heterocycles. The maximum Gasteiger partial charge on any atom is 0.335 e. The van der Waals surface area contributed by atoms with Gasteiger partial charge in [0.2, 0.25) is 0 Å². The summed E-state index contributed by atoms with van der Waals surface area (Å²) in [4.78, 5) is 11.1. The fourth-order valence-corrected chi connectivity index (χ4v) is 2.10. The van der Waals surface area contributed by atoms with Crippen molar-refractivity contribution >= 4 is 5.97 Å². The highest BCUT2D eigenvalue weighted by molar-refractivity contribution is 5.90. The van der Waals surface area contributed by atoms with E-state index in [2.05, 4.69) is 0 Å². The van der Waals surface area contributed by atoms with E-state index in [-0.39, 0.29) is 5.56 Å². The second-order valence-electron chi connectivity index (χ2n) is 4.46. The van der Waals surface area contributed by atoms with Gasteiger partial charge in [0.05, 0.1) is 19.8 Å². The Balaban J connectivity index is 2.58. The number of benzene rings is 2. The molecule has 0 unspecified atom stereocenters. The van der Waals surface area contributed by atoms with Crippen LogP contribution in [0.4, 0.5) is 0 Å². The van der Waals surface area contributed by atoms with Crippen LogP contribution in [0.1, 0.15) is 15.9 Å². The van der Waals surface area contributed by atoms with Crippen LogP contribution in [0.3, 0.4) is 0 Å². The summed E-state index contributed by atoms with van der Waals surface area (Å²) in [6.45, 7) is 1.87. The van der Waals surface area contributed by atoms with Gasteiger partial charge in [-0.15, -0.1) is 0 Å². The van der Waals surface area contributed by atoms with E-state index >= 15 is 0 Å². The summed E-state index contributed by atoms with van der Waals surface area (Å²) in [7, 11) is 3.16. The number of hydrogen-bond donors (Lipinski definition) is 1. The number of carboxylic acids is 1. The molecule has 0 saturated heterocycles. The predicted octanol–water partition coefficient (Wildman–Crippen LogP) is 3.38. The van der Waals surface area contributed by atoms with E-state index in [0.717, 1.165) is 16.7 Å². The second-order valence-corrected chi connectivity index (χ2v) is 4.46. The van der Waals surface area contributed by atoms with Gasteiger partial charge in [0.15, 0.2) is 0 Å². The molecule has 0 amide bonds. The Morgan fingerprint density at radius 3 is 2.40 bits per heavy atom. The molecule has 0 radical (unpaired) electrons. The van der Waals surface area contributed by atoms with E-state index in [4.69, 9.17) is 14.6 Å². The lowest BCUT2D eigenvalue weighted by Gasteiger charge is -2.12. The Kier molecular flexibility index (Phi) is 3.94. The van der Waals surface area contributed by atoms with Gasteiger partial charge in [-0.3, -0.25) is 0 Å². The highest BCUT2D eigenvalue weighted by Crippen LogP contribution is 2.34. The van der Waals surface area contributed by atoms with Crippen LogP contribution in [0, 0.1) is 6.92 Å². The number of carboxylic acid groups (broad SMARTS) is 1. The lowest BCUT2D eigenvalue weighted by molar-refractivity contribution is 0.0697. The molecular weight excluding hydrogens is 256 g/mol. The first kappa shape index (κ1) is 13.9. The van der Waals surface area contributed by atoms with Gasteiger partial charge in [-0.25, -0.2) is 4.79 Å². The number of methoxy groups -OCH3 is 2. The fourth-order valence-electron chi connectivity index (χ4n) is 2.10. The first-order chi connectivity index (χ1) is 9.55. The standard InChI is InChI=1S/C16H16O4/c1-10-6-11(8-12(7-10)16(17)18)14-5-4-13(19-2)9-15(14)20-3/h4-9H,1-3H3,(H,17,18). The predicted molar refractivity (Wildman–Crippen MR) is 76.7 cm³/mol. The van der Waals surface area contributed by atoms with Crippen molar-refractivity contribution in [3.05, 3.63) is 47.5 Å². The van der Waals surface area contributed by atoms with Crippen LogP contribution in [0.2, 0.25) is 0 Å². The van der Waals surface area contributed by atoms with E-state index in [1.54, 1.807) is 32.4 Å². The van der Waals surface area contributed by atoms with E-state index < -0.39 is 5.97 Å². The number of rotatable bonds is 4. The third-order valence-electron chi connectivity index (χ3n) is 3.04. The van der Waals surface area contributed by atoms with Crippen molar-refractivity contribution in [2.75, 3.05) is 14.2 Å². The molecule has 2 aromatic rings. The molecule has 0 saturated carbocycles. The van der Waals surface area contributed by atoms with Gasteiger partial charge in [-0.05, 0) is 42.3 Å². The molecule has 0 aliphatic rings. The fraction of sp³-hybridized carbons (Fsp3) is 0.188. The smallest absolute Gasteiger partial charge is 0.335 e. The third kappa shape index (κ3) is 2.74. The third-order valence-corrected chi connectivity index (χ3v) is 3.04. The van der Waals surface area contributed by atoms with E-state index in [0.29, 0.717) is 11.5 Å². The van der Waals surface area contributed by atoms with Gasteiger partial charge in [-0.1, -0.05) is 6.07 Å². The minimum Gasteiger partial charge on any atom is -0.497 e. The summed E-state index contributed by atoms with van der Waals surface area (Å²) in [5, 5.41) is 9.14. The molecule has 2 aromatic carbocycles. The molecule has 4 heteroatoms. The monoisotopic (exact) mass is 272 g/mol. The maximum absolute atomic E-state index is 11.1. The number of hydrogen-bond acceptors (Lipinski definition) is 3. The van der Waals surface area contributed by atoms with Crippen molar-refractivity contribution in [2.45, 2.75) is 6.92 Å². The SMILES string of the molecule is COc1ccc(-c2cc(C)cc(C(=O)O)c2)c(OC)c1. The molecule has 0 heterocycles. The van der Waals surface area contributed by atoms with Crippen LogP contribution in [-0.4, -0.2) is 25.3 Å². The molecule has 0 aliphatic carbocycles. The second kappa shape index (κ2) is 5.65. The Morgan fingerprint density at radius 1 is 1.05 bits per heavy atom. The van der Waals surface area contributed by atoms with Crippen molar-refractivity contribution < 1.29 is 19.4 Å². The molecule has 0 fully saturated rings. The van der Waals surface area contributed by atoms with Crippen molar-refractivity contribution in [3.63, 3.8) is 0 Å². The van der Waals surface area contributed by atoms with Gasteiger partial charge in [0.1, 0.15) is 11.5 Å². The first-order valence-corrected chi connectivity index (χ1v) is 6.12. The molecule has 1 N–H and O–H groups in total. The average molecular weight is 272 g/mol. The summed E-state index contributed by atoms with van der Waals surface area (Å²) in [5.41, 5.74) is 2.79. The van der Waals surface area contributed by atoms with Gasteiger partial charge in [0, 0.05) is 11.6 Å². The zero-order valence-electron chi connectivity index (χ0n) is 11.6. The summed E-state index contributed by atoms with van der Waals surface area (Å²) < 4.78 is 10.5. The zero-order chi connectivity index (χ0) is 14.7.